The molecule has 0 aliphatic carbocycles. The molecule has 1 aromatic rings. The molecule has 15 heavy (non-hydrogen) atoms. The first-order valence-corrected chi connectivity index (χ1v) is 5.03. The molecule has 0 radical (unpaired) electrons. The smallest absolute Gasteiger partial charge is 0.127 e. The number of aliphatic hydroxyl groups is 2. The quantitative estimate of drug-likeness (QED) is 0.683. The van der Waals surface area contributed by atoms with Gasteiger partial charge in [0.2, 0.25) is 0 Å². The zero-order chi connectivity index (χ0) is 11.4. The second-order valence-corrected chi connectivity index (χ2v) is 3.48. The summed E-state index contributed by atoms with van der Waals surface area (Å²) in [6.45, 7) is 0. The topological polar surface area (TPSA) is 49.7 Å². The summed E-state index contributed by atoms with van der Waals surface area (Å²) in [5.74, 6) is -0.120. The van der Waals surface area contributed by atoms with Crippen molar-refractivity contribution in [3.63, 3.8) is 0 Å². The minimum atomic E-state index is -1.16. The summed E-state index contributed by atoms with van der Waals surface area (Å²) >= 11 is 3.84. The Kier molecular flexibility index (Phi) is 4.38. The lowest BCUT2D eigenvalue weighted by Crippen LogP contribution is -2.19. The summed E-state index contributed by atoms with van der Waals surface area (Å²) in [5.41, 5.74) is 0.272. The number of ether oxygens (including phenoxy) is 1. The second-order valence-electron chi connectivity index (χ2n) is 3.12. The number of hydrogen-bond donors (Lipinski definition) is 3. The van der Waals surface area contributed by atoms with E-state index in [1.54, 1.807) is 0 Å². The highest BCUT2D eigenvalue weighted by atomic mass is 32.1. The van der Waals surface area contributed by atoms with Crippen LogP contribution in [0.5, 0.6) is 5.75 Å². The van der Waals surface area contributed by atoms with E-state index in [1.807, 2.05) is 0 Å². The van der Waals surface area contributed by atoms with E-state index in [0.29, 0.717) is 5.75 Å². The molecule has 2 atom stereocenters. The van der Waals surface area contributed by atoms with Gasteiger partial charge in [0.05, 0.1) is 13.2 Å². The Morgan fingerprint density at radius 2 is 2.07 bits per heavy atom. The molecule has 0 aliphatic heterocycles. The van der Waals surface area contributed by atoms with Crippen LogP contribution in [0.25, 0.3) is 0 Å². The van der Waals surface area contributed by atoms with E-state index in [0.717, 1.165) is 6.07 Å². The molecule has 0 aromatic heterocycles. The van der Waals surface area contributed by atoms with Crippen LogP contribution in [0.15, 0.2) is 18.2 Å². The highest BCUT2D eigenvalue weighted by Gasteiger charge is 2.18. The van der Waals surface area contributed by atoms with Crippen LogP contribution >= 0.6 is 12.6 Å². The first kappa shape index (κ1) is 12.3. The summed E-state index contributed by atoms with van der Waals surface area (Å²) in [6.07, 6.45) is -2.19. The Morgan fingerprint density at radius 3 is 2.60 bits per heavy atom. The maximum Gasteiger partial charge on any atom is 0.127 e. The number of halogens is 1. The van der Waals surface area contributed by atoms with Crippen molar-refractivity contribution in [2.75, 3.05) is 12.9 Å². The van der Waals surface area contributed by atoms with E-state index in [4.69, 9.17) is 4.74 Å². The molecule has 0 saturated carbocycles. The molecule has 0 saturated heterocycles. The van der Waals surface area contributed by atoms with E-state index < -0.39 is 18.0 Å². The number of methoxy groups -OCH3 is 1. The average Bonchev–Trinajstić information content (AvgIpc) is 2.26. The lowest BCUT2D eigenvalue weighted by molar-refractivity contribution is 0.0334. The van der Waals surface area contributed by atoms with Crippen LogP contribution in [0.1, 0.15) is 11.7 Å². The molecule has 84 valence electrons. The van der Waals surface area contributed by atoms with Crippen LogP contribution in [0.4, 0.5) is 4.39 Å². The predicted octanol–water partition coefficient (Wildman–Crippen LogP) is 1.16. The summed E-state index contributed by atoms with van der Waals surface area (Å²) in [7, 11) is 1.40. The Morgan fingerprint density at radius 1 is 1.40 bits per heavy atom. The molecule has 0 spiro atoms. The van der Waals surface area contributed by atoms with Gasteiger partial charge in [-0.05, 0) is 17.7 Å². The SMILES string of the molecule is COc1cc(F)cc(C(O)C(O)CS)c1. The molecule has 0 aliphatic rings. The standard InChI is InChI=1S/C10H13FO3S/c1-14-8-3-6(2-7(11)4-8)10(13)9(12)5-15/h2-4,9-10,12-13,15H,5H2,1H3. The van der Waals surface area contributed by atoms with Gasteiger partial charge in [-0.3, -0.25) is 0 Å². The van der Waals surface area contributed by atoms with Gasteiger partial charge in [0, 0.05) is 11.8 Å². The van der Waals surface area contributed by atoms with Crippen molar-refractivity contribution < 1.29 is 19.3 Å². The van der Waals surface area contributed by atoms with Crippen molar-refractivity contribution in [3.8, 4) is 5.75 Å². The maximum atomic E-state index is 13.1. The molecule has 0 bridgehead atoms. The number of rotatable bonds is 4. The van der Waals surface area contributed by atoms with Crippen LogP contribution in [-0.4, -0.2) is 29.2 Å². The molecule has 0 amide bonds. The van der Waals surface area contributed by atoms with Crippen molar-refractivity contribution in [2.24, 2.45) is 0 Å². The van der Waals surface area contributed by atoms with Crippen LogP contribution in [0, 0.1) is 5.82 Å². The van der Waals surface area contributed by atoms with Gasteiger partial charge in [-0.2, -0.15) is 12.6 Å². The molecular weight excluding hydrogens is 219 g/mol. The summed E-state index contributed by atoms with van der Waals surface area (Å²) < 4.78 is 17.9. The largest absolute Gasteiger partial charge is 0.497 e. The zero-order valence-electron chi connectivity index (χ0n) is 8.22. The van der Waals surface area contributed by atoms with Gasteiger partial charge in [0.25, 0.3) is 0 Å². The van der Waals surface area contributed by atoms with E-state index in [-0.39, 0.29) is 11.3 Å². The minimum Gasteiger partial charge on any atom is -0.497 e. The molecule has 0 fully saturated rings. The van der Waals surface area contributed by atoms with Crippen LogP contribution in [0.3, 0.4) is 0 Å². The number of benzene rings is 1. The first-order chi connectivity index (χ1) is 7.08. The van der Waals surface area contributed by atoms with Crippen molar-refractivity contribution in [1.82, 2.24) is 0 Å². The predicted molar refractivity (Wildman–Crippen MR) is 57.8 cm³/mol. The van der Waals surface area contributed by atoms with Crippen molar-refractivity contribution in [3.05, 3.63) is 29.6 Å². The normalized spacial score (nSPS) is 14.7. The fraction of sp³-hybridized carbons (Fsp3) is 0.400. The Balaban J connectivity index is 2.97. The third kappa shape index (κ3) is 3.09. The monoisotopic (exact) mass is 232 g/mol. The Hall–Kier alpha value is -0.780. The summed E-state index contributed by atoms with van der Waals surface area (Å²) in [5, 5.41) is 19.0. The molecule has 1 aromatic carbocycles. The second kappa shape index (κ2) is 5.34. The van der Waals surface area contributed by atoms with E-state index in [1.165, 1.54) is 19.2 Å². The molecule has 1 rings (SSSR count). The Labute approximate surface area is 92.9 Å². The first-order valence-electron chi connectivity index (χ1n) is 4.40. The van der Waals surface area contributed by atoms with Gasteiger partial charge in [0.15, 0.2) is 0 Å². The van der Waals surface area contributed by atoms with Crippen molar-refractivity contribution >= 4 is 12.6 Å². The molecule has 5 heteroatoms. The molecule has 2 N–H and O–H groups in total. The summed E-state index contributed by atoms with van der Waals surface area (Å²) in [4.78, 5) is 0. The number of aliphatic hydroxyl groups excluding tert-OH is 2. The summed E-state index contributed by atoms with van der Waals surface area (Å²) in [6, 6.07) is 3.82. The van der Waals surface area contributed by atoms with Gasteiger partial charge in [-0.25, -0.2) is 4.39 Å². The molecule has 0 heterocycles. The van der Waals surface area contributed by atoms with E-state index in [9.17, 15) is 14.6 Å². The third-order valence-electron chi connectivity index (χ3n) is 2.02. The number of thiol groups is 1. The van der Waals surface area contributed by atoms with Crippen LogP contribution in [0.2, 0.25) is 0 Å². The van der Waals surface area contributed by atoms with Gasteiger partial charge < -0.3 is 14.9 Å². The fourth-order valence-electron chi connectivity index (χ4n) is 1.19. The third-order valence-corrected chi connectivity index (χ3v) is 2.40. The van der Waals surface area contributed by atoms with Crippen molar-refractivity contribution in [1.29, 1.82) is 0 Å². The minimum absolute atomic E-state index is 0.0972. The average molecular weight is 232 g/mol. The molecule has 3 nitrogen and oxygen atoms in total. The van der Waals surface area contributed by atoms with Gasteiger partial charge in [0.1, 0.15) is 17.7 Å². The maximum absolute atomic E-state index is 13.1. The lowest BCUT2D eigenvalue weighted by Gasteiger charge is -2.16. The number of hydrogen-bond acceptors (Lipinski definition) is 4. The molecular formula is C10H13FO3S. The Bertz CT molecular complexity index is 332. The highest BCUT2D eigenvalue weighted by molar-refractivity contribution is 7.80. The van der Waals surface area contributed by atoms with Gasteiger partial charge in [-0.1, -0.05) is 0 Å². The van der Waals surface area contributed by atoms with E-state index in [2.05, 4.69) is 12.6 Å². The fourth-order valence-corrected chi connectivity index (χ4v) is 1.39. The lowest BCUT2D eigenvalue weighted by atomic mass is 10.1. The van der Waals surface area contributed by atoms with Gasteiger partial charge >= 0.3 is 0 Å². The van der Waals surface area contributed by atoms with Crippen LogP contribution in [-0.2, 0) is 0 Å². The molecule has 2 unspecified atom stereocenters. The van der Waals surface area contributed by atoms with Crippen molar-refractivity contribution in [2.45, 2.75) is 12.2 Å². The van der Waals surface area contributed by atoms with Crippen LogP contribution < -0.4 is 4.74 Å². The van der Waals surface area contributed by atoms with E-state index >= 15 is 0 Å². The van der Waals surface area contributed by atoms with Gasteiger partial charge in [-0.15, -0.1) is 0 Å². The highest BCUT2D eigenvalue weighted by Crippen LogP contribution is 2.23. The zero-order valence-corrected chi connectivity index (χ0v) is 9.12.